The number of benzene rings is 2. The van der Waals surface area contributed by atoms with Crippen LogP contribution in [0.4, 0.5) is 5.69 Å². The molecule has 0 amide bonds. The zero-order valence-electron chi connectivity index (χ0n) is 12.0. The third-order valence-corrected chi connectivity index (χ3v) is 3.80. The Morgan fingerprint density at radius 1 is 1.29 bits per heavy atom. The van der Waals surface area contributed by atoms with Gasteiger partial charge in [-0.3, -0.25) is 10.1 Å². The fourth-order valence-corrected chi connectivity index (χ4v) is 2.41. The summed E-state index contributed by atoms with van der Waals surface area (Å²) in [6.07, 6.45) is 0. The van der Waals surface area contributed by atoms with Crippen LogP contribution in [0.5, 0.6) is 0 Å². The molecule has 4 nitrogen and oxygen atoms in total. The van der Waals surface area contributed by atoms with E-state index >= 15 is 0 Å². The van der Waals surface area contributed by atoms with Crippen molar-refractivity contribution in [1.29, 1.82) is 0 Å². The van der Waals surface area contributed by atoms with Crippen molar-refractivity contribution in [3.8, 4) is 0 Å². The summed E-state index contributed by atoms with van der Waals surface area (Å²) in [5, 5.41) is 15.0. The maximum Gasteiger partial charge on any atom is 0.272 e. The molecule has 0 aliphatic carbocycles. The molecule has 0 saturated heterocycles. The second kappa shape index (κ2) is 6.70. The Balaban J connectivity index is 2.10. The molecule has 1 atom stereocenters. The second-order valence-corrected chi connectivity index (χ2v) is 5.41. The molecule has 0 saturated carbocycles. The molecular formula is C16H17ClN2O2. The number of hydrogen-bond donors (Lipinski definition) is 1. The first-order chi connectivity index (χ1) is 9.99. The second-order valence-electron chi connectivity index (χ2n) is 4.98. The molecule has 110 valence electrons. The molecule has 2 aromatic rings. The molecule has 0 unspecified atom stereocenters. The fourth-order valence-electron chi connectivity index (χ4n) is 2.22. The topological polar surface area (TPSA) is 55.2 Å². The number of nitro groups is 1. The number of hydrogen-bond acceptors (Lipinski definition) is 3. The Morgan fingerprint density at radius 2 is 2.00 bits per heavy atom. The van der Waals surface area contributed by atoms with E-state index in [4.69, 9.17) is 11.6 Å². The summed E-state index contributed by atoms with van der Waals surface area (Å²) in [7, 11) is 0. The van der Waals surface area contributed by atoms with E-state index in [0.29, 0.717) is 17.1 Å². The highest BCUT2D eigenvalue weighted by Gasteiger charge is 2.13. The zero-order chi connectivity index (χ0) is 15.4. The van der Waals surface area contributed by atoms with Crippen LogP contribution in [0.1, 0.15) is 29.7 Å². The van der Waals surface area contributed by atoms with Crippen LogP contribution in [0.25, 0.3) is 0 Å². The Hall–Kier alpha value is -1.91. The van der Waals surface area contributed by atoms with E-state index in [1.165, 1.54) is 6.07 Å². The molecule has 21 heavy (non-hydrogen) atoms. The summed E-state index contributed by atoms with van der Waals surface area (Å²) in [6, 6.07) is 12.9. The standard InChI is InChI=1S/C16H17ClN2O2/c1-11-14(6-4-8-16(11)19(20)21)10-18-12(2)13-5-3-7-15(17)9-13/h3-9,12,18H,10H2,1-2H3/t12-/m0/s1. The van der Waals surface area contributed by atoms with E-state index in [9.17, 15) is 10.1 Å². The summed E-state index contributed by atoms with van der Waals surface area (Å²) >= 11 is 5.98. The average Bonchev–Trinajstić information content (AvgIpc) is 2.45. The van der Waals surface area contributed by atoms with Crippen molar-refractivity contribution < 1.29 is 4.92 Å². The first kappa shape index (κ1) is 15.5. The zero-order valence-corrected chi connectivity index (χ0v) is 12.7. The molecule has 0 aliphatic rings. The van der Waals surface area contributed by atoms with E-state index in [1.54, 1.807) is 13.0 Å². The first-order valence-electron chi connectivity index (χ1n) is 6.70. The highest BCUT2D eigenvalue weighted by Crippen LogP contribution is 2.22. The quantitative estimate of drug-likeness (QED) is 0.657. The maximum absolute atomic E-state index is 10.9. The minimum Gasteiger partial charge on any atom is -0.306 e. The molecule has 1 N–H and O–H groups in total. The van der Waals surface area contributed by atoms with Gasteiger partial charge < -0.3 is 5.32 Å². The lowest BCUT2D eigenvalue weighted by atomic mass is 10.1. The Morgan fingerprint density at radius 3 is 2.67 bits per heavy atom. The lowest BCUT2D eigenvalue weighted by molar-refractivity contribution is -0.385. The highest BCUT2D eigenvalue weighted by atomic mass is 35.5. The normalized spacial score (nSPS) is 12.1. The molecule has 0 bridgehead atoms. The van der Waals surface area contributed by atoms with Crippen molar-refractivity contribution in [1.82, 2.24) is 5.32 Å². The molecular weight excluding hydrogens is 288 g/mol. The van der Waals surface area contributed by atoms with E-state index in [-0.39, 0.29) is 16.7 Å². The van der Waals surface area contributed by atoms with Crippen LogP contribution < -0.4 is 5.32 Å². The van der Waals surface area contributed by atoms with Gasteiger partial charge in [0, 0.05) is 29.2 Å². The van der Waals surface area contributed by atoms with Gasteiger partial charge in [-0.05, 0) is 37.1 Å². The van der Waals surface area contributed by atoms with Crippen molar-refractivity contribution in [2.45, 2.75) is 26.4 Å². The predicted molar refractivity (Wildman–Crippen MR) is 84.5 cm³/mol. The van der Waals surface area contributed by atoms with E-state index in [1.807, 2.05) is 37.3 Å². The van der Waals surface area contributed by atoms with E-state index in [2.05, 4.69) is 5.32 Å². The smallest absolute Gasteiger partial charge is 0.272 e. The third kappa shape index (κ3) is 3.80. The van der Waals surface area contributed by atoms with Crippen molar-refractivity contribution in [3.05, 3.63) is 74.3 Å². The van der Waals surface area contributed by atoms with Crippen molar-refractivity contribution in [3.63, 3.8) is 0 Å². The van der Waals surface area contributed by atoms with Gasteiger partial charge in [-0.1, -0.05) is 35.9 Å². The van der Waals surface area contributed by atoms with Crippen LogP contribution in [0, 0.1) is 17.0 Å². The summed E-state index contributed by atoms with van der Waals surface area (Å²) in [6.45, 7) is 4.39. The minimum absolute atomic E-state index is 0.113. The Labute approximate surface area is 128 Å². The molecule has 5 heteroatoms. The molecule has 2 aromatic carbocycles. The predicted octanol–water partition coefficient (Wildman–Crippen LogP) is 4.41. The van der Waals surface area contributed by atoms with Crippen molar-refractivity contribution >= 4 is 17.3 Å². The van der Waals surface area contributed by atoms with Gasteiger partial charge in [0.05, 0.1) is 4.92 Å². The molecule has 0 fully saturated rings. The summed E-state index contributed by atoms with van der Waals surface area (Å²) < 4.78 is 0. The van der Waals surface area contributed by atoms with Gasteiger partial charge in [-0.25, -0.2) is 0 Å². The fraction of sp³-hybridized carbons (Fsp3) is 0.250. The molecule has 2 rings (SSSR count). The maximum atomic E-state index is 10.9. The third-order valence-electron chi connectivity index (χ3n) is 3.56. The van der Waals surface area contributed by atoms with Gasteiger partial charge in [0.1, 0.15) is 0 Å². The molecule has 0 aliphatic heterocycles. The van der Waals surface area contributed by atoms with Crippen LogP contribution in [-0.2, 0) is 6.54 Å². The number of nitrogens with zero attached hydrogens (tertiary/aromatic N) is 1. The molecule has 0 aromatic heterocycles. The average molecular weight is 305 g/mol. The van der Waals surface area contributed by atoms with Crippen molar-refractivity contribution in [2.24, 2.45) is 0 Å². The summed E-state index contributed by atoms with van der Waals surface area (Å²) in [5.41, 5.74) is 2.88. The SMILES string of the molecule is Cc1c(CN[C@@H](C)c2cccc(Cl)c2)cccc1[N+](=O)[O-]. The Bertz CT molecular complexity index is 658. The van der Waals surface area contributed by atoms with Gasteiger partial charge in [0.25, 0.3) is 5.69 Å². The molecule has 0 radical (unpaired) electrons. The van der Waals surface area contributed by atoms with Crippen LogP contribution in [0.15, 0.2) is 42.5 Å². The molecule has 0 spiro atoms. The number of nitro benzene ring substituents is 1. The largest absolute Gasteiger partial charge is 0.306 e. The number of nitrogens with one attached hydrogen (secondary N) is 1. The minimum atomic E-state index is -0.348. The number of halogens is 1. The first-order valence-corrected chi connectivity index (χ1v) is 7.08. The van der Waals surface area contributed by atoms with Gasteiger partial charge in [0.15, 0.2) is 0 Å². The van der Waals surface area contributed by atoms with Crippen LogP contribution in [0.2, 0.25) is 5.02 Å². The lowest BCUT2D eigenvalue weighted by Crippen LogP contribution is -2.18. The number of rotatable bonds is 5. The van der Waals surface area contributed by atoms with Crippen LogP contribution in [0.3, 0.4) is 0 Å². The van der Waals surface area contributed by atoms with Gasteiger partial charge in [-0.15, -0.1) is 0 Å². The van der Waals surface area contributed by atoms with E-state index < -0.39 is 0 Å². The van der Waals surface area contributed by atoms with Gasteiger partial charge in [0.2, 0.25) is 0 Å². The van der Waals surface area contributed by atoms with Crippen molar-refractivity contribution in [2.75, 3.05) is 0 Å². The Kier molecular flexibility index (Phi) is 4.94. The van der Waals surface area contributed by atoms with E-state index in [0.717, 1.165) is 11.1 Å². The summed E-state index contributed by atoms with van der Waals surface area (Å²) in [4.78, 5) is 10.6. The molecule has 0 heterocycles. The summed E-state index contributed by atoms with van der Waals surface area (Å²) in [5.74, 6) is 0. The van der Waals surface area contributed by atoms with Gasteiger partial charge in [-0.2, -0.15) is 0 Å². The van der Waals surface area contributed by atoms with Crippen LogP contribution in [-0.4, -0.2) is 4.92 Å². The highest BCUT2D eigenvalue weighted by molar-refractivity contribution is 6.30. The lowest BCUT2D eigenvalue weighted by Gasteiger charge is -2.15. The van der Waals surface area contributed by atoms with Gasteiger partial charge >= 0.3 is 0 Å². The van der Waals surface area contributed by atoms with Crippen LogP contribution >= 0.6 is 11.6 Å². The monoisotopic (exact) mass is 304 g/mol.